The van der Waals surface area contributed by atoms with Gasteiger partial charge in [0, 0.05) is 50.1 Å². The van der Waals surface area contributed by atoms with Crippen LogP contribution in [0.25, 0.3) is 0 Å². The van der Waals surface area contributed by atoms with Crippen LogP contribution in [-0.2, 0) is 0 Å². The quantitative estimate of drug-likeness (QED) is 0.834. The van der Waals surface area contributed by atoms with Crippen molar-refractivity contribution in [2.45, 2.75) is 26.3 Å². The van der Waals surface area contributed by atoms with Gasteiger partial charge in [0.15, 0.2) is 0 Å². The lowest BCUT2D eigenvalue weighted by Gasteiger charge is -2.36. The Bertz CT molecular complexity index is 380. The van der Waals surface area contributed by atoms with E-state index in [2.05, 4.69) is 46.3 Å². The summed E-state index contributed by atoms with van der Waals surface area (Å²) in [6.07, 6.45) is 1.25. The number of hydrogen-bond acceptors (Lipinski definition) is 4. The van der Waals surface area contributed by atoms with Gasteiger partial charge in [-0.15, -0.1) is 0 Å². The minimum absolute atomic E-state index is 0.182. The van der Waals surface area contributed by atoms with E-state index >= 15 is 0 Å². The van der Waals surface area contributed by atoms with E-state index in [0.717, 1.165) is 25.3 Å². The lowest BCUT2D eigenvalue weighted by atomic mass is 10.2. The monoisotopic (exact) mass is 276 g/mol. The van der Waals surface area contributed by atoms with E-state index in [1.807, 2.05) is 6.92 Å². The molecule has 0 radical (unpaired) electrons. The van der Waals surface area contributed by atoms with Gasteiger partial charge in [-0.05, 0) is 44.2 Å². The van der Waals surface area contributed by atoms with Crippen LogP contribution in [0.2, 0.25) is 0 Å². The maximum Gasteiger partial charge on any atom is 0.0368 e. The van der Waals surface area contributed by atoms with Crippen molar-refractivity contribution in [3.05, 3.63) is 24.3 Å². The lowest BCUT2D eigenvalue weighted by molar-refractivity contribution is 0.258. The molecule has 4 nitrogen and oxygen atoms in total. The summed E-state index contributed by atoms with van der Waals surface area (Å²) in [5.41, 5.74) is 8.22. The van der Waals surface area contributed by atoms with Gasteiger partial charge in [-0.2, -0.15) is 0 Å². The minimum Gasteiger partial charge on any atom is -0.383 e. The van der Waals surface area contributed by atoms with E-state index in [1.165, 1.54) is 31.7 Å². The first-order chi connectivity index (χ1) is 9.69. The third kappa shape index (κ3) is 4.39. The van der Waals surface area contributed by atoms with Crippen molar-refractivity contribution in [2.75, 3.05) is 49.5 Å². The van der Waals surface area contributed by atoms with Gasteiger partial charge in [0.25, 0.3) is 0 Å². The van der Waals surface area contributed by atoms with E-state index in [9.17, 15) is 0 Å². The highest BCUT2D eigenvalue weighted by molar-refractivity contribution is 5.55. The molecule has 1 aliphatic heterocycles. The second-order valence-corrected chi connectivity index (χ2v) is 5.73. The Morgan fingerprint density at radius 2 is 1.80 bits per heavy atom. The second-order valence-electron chi connectivity index (χ2n) is 5.73. The fraction of sp³-hybridized carbons (Fsp3) is 0.625. The molecule has 0 amide bonds. The predicted octanol–water partition coefficient (Wildman–Crippen LogP) is 1.98. The second kappa shape index (κ2) is 7.50. The van der Waals surface area contributed by atoms with E-state index in [-0.39, 0.29) is 6.04 Å². The molecular weight excluding hydrogens is 248 g/mol. The highest BCUT2D eigenvalue weighted by atomic mass is 15.3. The zero-order valence-corrected chi connectivity index (χ0v) is 12.8. The molecule has 0 aromatic heterocycles. The molecule has 0 spiro atoms. The molecule has 0 saturated carbocycles. The lowest BCUT2D eigenvalue weighted by Crippen LogP contribution is -2.46. The fourth-order valence-corrected chi connectivity index (χ4v) is 2.61. The average molecular weight is 276 g/mol. The Balaban J connectivity index is 1.84. The summed E-state index contributed by atoms with van der Waals surface area (Å²) >= 11 is 0. The summed E-state index contributed by atoms with van der Waals surface area (Å²) < 4.78 is 0. The number of anilines is 2. The Labute approximate surface area is 122 Å². The van der Waals surface area contributed by atoms with Crippen LogP contribution >= 0.6 is 0 Å². The molecule has 4 heteroatoms. The van der Waals surface area contributed by atoms with Gasteiger partial charge >= 0.3 is 0 Å². The van der Waals surface area contributed by atoms with Gasteiger partial charge < -0.3 is 16.0 Å². The van der Waals surface area contributed by atoms with Crippen LogP contribution < -0.4 is 16.0 Å². The molecule has 1 saturated heterocycles. The van der Waals surface area contributed by atoms with Gasteiger partial charge in [0.05, 0.1) is 0 Å². The zero-order chi connectivity index (χ0) is 14.4. The van der Waals surface area contributed by atoms with Crippen LogP contribution in [-0.4, -0.2) is 50.2 Å². The van der Waals surface area contributed by atoms with Gasteiger partial charge in [0.2, 0.25) is 0 Å². The van der Waals surface area contributed by atoms with Gasteiger partial charge in [-0.3, -0.25) is 4.90 Å². The number of nitrogens with one attached hydrogen (secondary N) is 1. The third-order valence-corrected chi connectivity index (χ3v) is 3.77. The number of rotatable bonds is 6. The summed E-state index contributed by atoms with van der Waals surface area (Å²) in [4.78, 5) is 5.02. The van der Waals surface area contributed by atoms with E-state index < -0.39 is 0 Å². The van der Waals surface area contributed by atoms with Crippen molar-refractivity contribution >= 4 is 11.4 Å². The Morgan fingerprint density at radius 1 is 1.15 bits per heavy atom. The van der Waals surface area contributed by atoms with Crippen molar-refractivity contribution in [3.63, 3.8) is 0 Å². The fourth-order valence-electron chi connectivity index (χ4n) is 2.61. The summed E-state index contributed by atoms with van der Waals surface area (Å²) in [7, 11) is 0. The van der Waals surface area contributed by atoms with Crippen molar-refractivity contribution < 1.29 is 0 Å². The van der Waals surface area contributed by atoms with Crippen LogP contribution in [0.15, 0.2) is 24.3 Å². The molecule has 1 heterocycles. The zero-order valence-electron chi connectivity index (χ0n) is 12.8. The summed E-state index contributed by atoms with van der Waals surface area (Å²) in [5.74, 6) is 0. The standard InChI is InChI=1S/C16H28N4/c1-3-8-19-9-11-20(12-10-19)16-6-4-15(5-7-16)18-13-14(2)17/h4-7,14,18H,3,8-13,17H2,1-2H3. The molecule has 20 heavy (non-hydrogen) atoms. The van der Waals surface area contributed by atoms with Crippen LogP contribution in [0.3, 0.4) is 0 Å². The predicted molar refractivity (Wildman–Crippen MR) is 87.5 cm³/mol. The molecule has 1 atom stereocenters. The van der Waals surface area contributed by atoms with Gasteiger partial charge in [-0.1, -0.05) is 6.92 Å². The van der Waals surface area contributed by atoms with Crippen LogP contribution in [0.1, 0.15) is 20.3 Å². The van der Waals surface area contributed by atoms with E-state index in [0.29, 0.717) is 0 Å². The first-order valence-corrected chi connectivity index (χ1v) is 7.76. The molecule has 1 aliphatic rings. The number of nitrogens with two attached hydrogens (primary N) is 1. The van der Waals surface area contributed by atoms with Crippen LogP contribution in [0.4, 0.5) is 11.4 Å². The third-order valence-electron chi connectivity index (χ3n) is 3.77. The topological polar surface area (TPSA) is 44.5 Å². The van der Waals surface area contributed by atoms with Crippen LogP contribution in [0, 0.1) is 0 Å². The average Bonchev–Trinajstić information content (AvgIpc) is 2.47. The smallest absolute Gasteiger partial charge is 0.0368 e. The number of piperazine rings is 1. The maximum absolute atomic E-state index is 5.75. The SMILES string of the molecule is CCCN1CCN(c2ccc(NCC(C)N)cc2)CC1. The molecule has 2 rings (SSSR count). The van der Waals surface area contributed by atoms with Gasteiger partial charge in [0.1, 0.15) is 0 Å². The summed E-state index contributed by atoms with van der Waals surface area (Å²) in [6.45, 7) is 10.9. The van der Waals surface area contributed by atoms with Crippen molar-refractivity contribution in [1.29, 1.82) is 0 Å². The largest absolute Gasteiger partial charge is 0.383 e. The Kier molecular flexibility index (Phi) is 5.68. The Morgan fingerprint density at radius 3 is 2.35 bits per heavy atom. The van der Waals surface area contributed by atoms with Crippen molar-refractivity contribution in [2.24, 2.45) is 5.73 Å². The van der Waals surface area contributed by atoms with Gasteiger partial charge in [-0.25, -0.2) is 0 Å². The molecule has 0 aliphatic carbocycles. The first-order valence-electron chi connectivity index (χ1n) is 7.76. The molecule has 3 N–H and O–H groups in total. The molecule has 1 unspecified atom stereocenters. The number of nitrogens with zero attached hydrogens (tertiary/aromatic N) is 2. The summed E-state index contributed by atoms with van der Waals surface area (Å²) in [6, 6.07) is 8.89. The highest BCUT2D eigenvalue weighted by Crippen LogP contribution is 2.19. The van der Waals surface area contributed by atoms with E-state index in [4.69, 9.17) is 5.73 Å². The van der Waals surface area contributed by atoms with Crippen LogP contribution in [0.5, 0.6) is 0 Å². The minimum atomic E-state index is 0.182. The maximum atomic E-state index is 5.75. The summed E-state index contributed by atoms with van der Waals surface area (Å²) in [5, 5.41) is 3.35. The number of hydrogen-bond donors (Lipinski definition) is 2. The van der Waals surface area contributed by atoms with E-state index in [1.54, 1.807) is 0 Å². The molecule has 1 aromatic carbocycles. The van der Waals surface area contributed by atoms with Crippen molar-refractivity contribution in [3.8, 4) is 0 Å². The molecular formula is C16H28N4. The Hall–Kier alpha value is -1.26. The molecule has 0 bridgehead atoms. The van der Waals surface area contributed by atoms with Crippen molar-refractivity contribution in [1.82, 2.24) is 4.90 Å². The molecule has 1 fully saturated rings. The molecule has 1 aromatic rings. The first kappa shape index (κ1) is 15.1. The normalized spacial score (nSPS) is 18.1. The molecule has 112 valence electrons. The highest BCUT2D eigenvalue weighted by Gasteiger charge is 2.16. The number of benzene rings is 1.